The molecule has 0 N–H and O–H groups in total. The molecule has 0 aromatic carbocycles. The molecule has 0 spiro atoms. The molecule has 2 heterocycles. The fraction of sp³-hybridized carbons (Fsp3) is 0.714. The SMILES string of the molecule is CCC[C@H]1CN(c2cc(C)ncn2)C[C@@H]1N(C)C. The smallest absolute Gasteiger partial charge is 0.132 e. The highest BCUT2D eigenvalue weighted by atomic mass is 15.3. The molecule has 0 unspecified atom stereocenters. The fourth-order valence-corrected chi connectivity index (χ4v) is 2.89. The summed E-state index contributed by atoms with van der Waals surface area (Å²) in [6, 6.07) is 2.72. The van der Waals surface area contributed by atoms with Crippen LogP contribution in [-0.4, -0.2) is 48.1 Å². The van der Waals surface area contributed by atoms with Crippen LogP contribution in [0.3, 0.4) is 0 Å². The van der Waals surface area contributed by atoms with Gasteiger partial charge in [0.2, 0.25) is 0 Å². The van der Waals surface area contributed by atoms with Gasteiger partial charge >= 0.3 is 0 Å². The summed E-state index contributed by atoms with van der Waals surface area (Å²) in [7, 11) is 4.37. The highest BCUT2D eigenvalue weighted by Crippen LogP contribution is 2.27. The Balaban J connectivity index is 2.12. The van der Waals surface area contributed by atoms with E-state index >= 15 is 0 Å². The topological polar surface area (TPSA) is 32.3 Å². The lowest BCUT2D eigenvalue weighted by molar-refractivity contribution is 0.246. The van der Waals surface area contributed by atoms with E-state index in [0.717, 1.165) is 30.5 Å². The van der Waals surface area contributed by atoms with Crippen molar-refractivity contribution < 1.29 is 0 Å². The maximum atomic E-state index is 4.41. The van der Waals surface area contributed by atoms with Gasteiger partial charge in [0, 0.05) is 30.9 Å². The molecule has 18 heavy (non-hydrogen) atoms. The first kappa shape index (κ1) is 13.3. The van der Waals surface area contributed by atoms with Gasteiger partial charge in [0.05, 0.1) is 0 Å². The van der Waals surface area contributed by atoms with Crippen molar-refractivity contribution in [2.24, 2.45) is 5.92 Å². The number of anilines is 1. The maximum absolute atomic E-state index is 4.41. The van der Waals surface area contributed by atoms with Gasteiger partial charge in [-0.3, -0.25) is 0 Å². The number of aromatic nitrogens is 2. The van der Waals surface area contributed by atoms with Crippen LogP contribution >= 0.6 is 0 Å². The number of rotatable bonds is 4. The molecular weight excluding hydrogens is 224 g/mol. The Kier molecular flexibility index (Phi) is 4.17. The molecule has 1 fully saturated rings. The molecule has 2 atom stereocenters. The molecule has 0 saturated carbocycles. The molecule has 1 aliphatic heterocycles. The first-order valence-corrected chi connectivity index (χ1v) is 6.81. The first-order valence-electron chi connectivity index (χ1n) is 6.81. The van der Waals surface area contributed by atoms with Crippen molar-refractivity contribution in [3.05, 3.63) is 18.1 Å². The van der Waals surface area contributed by atoms with E-state index in [9.17, 15) is 0 Å². The van der Waals surface area contributed by atoms with E-state index in [2.05, 4.69) is 46.9 Å². The van der Waals surface area contributed by atoms with E-state index in [0.29, 0.717) is 6.04 Å². The van der Waals surface area contributed by atoms with Gasteiger partial charge in [-0.05, 0) is 33.4 Å². The molecule has 0 amide bonds. The quantitative estimate of drug-likeness (QED) is 0.815. The lowest BCUT2D eigenvalue weighted by Gasteiger charge is -2.24. The summed E-state index contributed by atoms with van der Waals surface area (Å²) < 4.78 is 0. The van der Waals surface area contributed by atoms with Crippen LogP contribution in [0.15, 0.2) is 12.4 Å². The van der Waals surface area contributed by atoms with Crippen molar-refractivity contribution in [3.63, 3.8) is 0 Å². The zero-order valence-corrected chi connectivity index (χ0v) is 11.9. The Hall–Kier alpha value is -1.16. The van der Waals surface area contributed by atoms with E-state index < -0.39 is 0 Å². The summed E-state index contributed by atoms with van der Waals surface area (Å²) in [5.41, 5.74) is 1.04. The van der Waals surface area contributed by atoms with Crippen molar-refractivity contribution in [2.45, 2.75) is 32.7 Å². The van der Waals surface area contributed by atoms with Gasteiger partial charge in [0.15, 0.2) is 0 Å². The molecule has 1 aromatic heterocycles. The Bertz CT molecular complexity index is 391. The predicted molar refractivity (Wildman–Crippen MR) is 74.9 cm³/mol. The van der Waals surface area contributed by atoms with Crippen molar-refractivity contribution >= 4 is 5.82 Å². The lowest BCUT2D eigenvalue weighted by atomic mass is 9.98. The summed E-state index contributed by atoms with van der Waals surface area (Å²) in [5, 5.41) is 0. The van der Waals surface area contributed by atoms with E-state index in [-0.39, 0.29) is 0 Å². The maximum Gasteiger partial charge on any atom is 0.132 e. The average Bonchev–Trinajstić information content (AvgIpc) is 2.74. The molecule has 4 nitrogen and oxygen atoms in total. The first-order chi connectivity index (χ1) is 8.61. The molecule has 0 aliphatic carbocycles. The standard InChI is InChI=1S/C14H24N4/c1-5-6-12-8-18(9-13(12)17(3)4)14-7-11(2)15-10-16-14/h7,10,12-13H,5-6,8-9H2,1-4H3/t12-,13-/m0/s1. The Morgan fingerprint density at radius 1 is 1.33 bits per heavy atom. The van der Waals surface area contributed by atoms with Crippen molar-refractivity contribution in [2.75, 3.05) is 32.1 Å². The van der Waals surface area contributed by atoms with Crippen LogP contribution in [0.4, 0.5) is 5.82 Å². The molecule has 100 valence electrons. The van der Waals surface area contributed by atoms with Gasteiger partial charge < -0.3 is 9.80 Å². The third-order valence-corrected chi connectivity index (χ3v) is 3.84. The van der Waals surface area contributed by atoms with Crippen LogP contribution in [0.5, 0.6) is 0 Å². The lowest BCUT2D eigenvalue weighted by Crippen LogP contribution is -2.35. The summed E-state index contributed by atoms with van der Waals surface area (Å²) in [5.74, 6) is 1.83. The molecule has 0 bridgehead atoms. The predicted octanol–water partition coefficient (Wildman–Crippen LogP) is 1.95. The van der Waals surface area contributed by atoms with Crippen molar-refractivity contribution in [1.29, 1.82) is 0 Å². The van der Waals surface area contributed by atoms with Crippen LogP contribution in [-0.2, 0) is 0 Å². The Morgan fingerprint density at radius 2 is 2.11 bits per heavy atom. The second-order valence-corrected chi connectivity index (χ2v) is 5.50. The normalized spacial score (nSPS) is 23.9. The van der Waals surface area contributed by atoms with Crippen LogP contribution in [0, 0.1) is 12.8 Å². The molecule has 1 aromatic rings. The molecule has 1 aliphatic rings. The van der Waals surface area contributed by atoms with E-state index in [1.165, 1.54) is 12.8 Å². The van der Waals surface area contributed by atoms with Crippen LogP contribution in [0.1, 0.15) is 25.5 Å². The van der Waals surface area contributed by atoms with Crippen LogP contribution < -0.4 is 4.90 Å². The number of hydrogen-bond donors (Lipinski definition) is 0. The fourth-order valence-electron chi connectivity index (χ4n) is 2.89. The molecule has 2 rings (SSSR count). The highest BCUT2D eigenvalue weighted by Gasteiger charge is 2.33. The third-order valence-electron chi connectivity index (χ3n) is 3.84. The van der Waals surface area contributed by atoms with Gasteiger partial charge in [-0.1, -0.05) is 13.3 Å². The van der Waals surface area contributed by atoms with Gasteiger partial charge in [-0.15, -0.1) is 0 Å². The van der Waals surface area contributed by atoms with Crippen molar-refractivity contribution in [1.82, 2.24) is 14.9 Å². The van der Waals surface area contributed by atoms with E-state index in [1.54, 1.807) is 6.33 Å². The van der Waals surface area contributed by atoms with Gasteiger partial charge in [-0.25, -0.2) is 9.97 Å². The third kappa shape index (κ3) is 2.80. The summed E-state index contributed by atoms with van der Waals surface area (Å²) in [4.78, 5) is 13.3. The largest absolute Gasteiger partial charge is 0.355 e. The number of nitrogens with zero attached hydrogens (tertiary/aromatic N) is 4. The van der Waals surface area contributed by atoms with E-state index in [1.807, 2.05) is 6.92 Å². The number of likely N-dealkylation sites (N-methyl/N-ethyl adjacent to an activating group) is 1. The summed E-state index contributed by atoms with van der Waals surface area (Å²) in [6.07, 6.45) is 4.22. The van der Waals surface area contributed by atoms with E-state index in [4.69, 9.17) is 0 Å². The number of aryl methyl sites for hydroxylation is 1. The highest BCUT2D eigenvalue weighted by molar-refractivity contribution is 5.40. The Labute approximate surface area is 110 Å². The molecule has 1 saturated heterocycles. The second kappa shape index (κ2) is 5.65. The summed E-state index contributed by atoms with van der Waals surface area (Å²) >= 11 is 0. The van der Waals surface area contributed by atoms with Crippen molar-refractivity contribution in [3.8, 4) is 0 Å². The minimum absolute atomic E-state index is 0.639. The van der Waals surface area contributed by atoms with Gasteiger partial charge in [0.1, 0.15) is 12.1 Å². The number of hydrogen-bond acceptors (Lipinski definition) is 4. The van der Waals surface area contributed by atoms with Crippen LogP contribution in [0.2, 0.25) is 0 Å². The molecular formula is C14H24N4. The Morgan fingerprint density at radius 3 is 2.72 bits per heavy atom. The van der Waals surface area contributed by atoms with Gasteiger partial charge in [0.25, 0.3) is 0 Å². The molecule has 0 radical (unpaired) electrons. The molecule has 4 heteroatoms. The monoisotopic (exact) mass is 248 g/mol. The zero-order valence-electron chi connectivity index (χ0n) is 11.9. The minimum atomic E-state index is 0.639. The minimum Gasteiger partial charge on any atom is -0.355 e. The van der Waals surface area contributed by atoms with Gasteiger partial charge in [-0.2, -0.15) is 0 Å². The van der Waals surface area contributed by atoms with Crippen LogP contribution in [0.25, 0.3) is 0 Å². The average molecular weight is 248 g/mol. The summed E-state index contributed by atoms with van der Waals surface area (Å²) in [6.45, 7) is 6.49. The second-order valence-electron chi connectivity index (χ2n) is 5.50. The zero-order chi connectivity index (χ0) is 13.1.